The van der Waals surface area contributed by atoms with E-state index < -0.39 is 0 Å². The summed E-state index contributed by atoms with van der Waals surface area (Å²) in [5, 5.41) is 0. The highest BCUT2D eigenvalue weighted by atomic mass is 16.5. The van der Waals surface area contributed by atoms with E-state index in [0.717, 1.165) is 49.4 Å². The fraction of sp³-hybridized carbons (Fsp3) is 0.500. The first-order valence-electron chi connectivity index (χ1n) is 7.68. The van der Waals surface area contributed by atoms with Crippen molar-refractivity contribution >= 4 is 11.6 Å². The monoisotopic (exact) mass is 287 g/mol. The normalized spacial score (nSPS) is 14.9. The van der Waals surface area contributed by atoms with Crippen LogP contribution in [0.5, 0.6) is 5.75 Å². The molecule has 0 saturated carbocycles. The van der Waals surface area contributed by atoms with E-state index >= 15 is 0 Å². The number of aryl methyl sites for hydroxylation is 1. The van der Waals surface area contributed by atoms with Gasteiger partial charge in [-0.25, -0.2) is 4.98 Å². The number of hydrogen-bond donors (Lipinski definition) is 0. The van der Waals surface area contributed by atoms with Gasteiger partial charge in [-0.3, -0.25) is 9.20 Å². The number of ether oxygens (including phenoxy) is 1. The Bertz CT molecular complexity index is 657. The van der Waals surface area contributed by atoms with Gasteiger partial charge in [0.15, 0.2) is 11.4 Å². The van der Waals surface area contributed by atoms with Crippen LogP contribution in [-0.2, 0) is 6.42 Å². The first-order valence-corrected chi connectivity index (χ1v) is 7.68. The Hall–Kier alpha value is -2.04. The summed E-state index contributed by atoms with van der Waals surface area (Å²) in [7, 11) is 0. The van der Waals surface area contributed by atoms with E-state index in [9.17, 15) is 4.79 Å². The van der Waals surface area contributed by atoms with Crippen LogP contribution in [0.1, 0.15) is 42.9 Å². The number of likely N-dealkylation sites (tertiary alicyclic amines) is 1. The van der Waals surface area contributed by atoms with Crippen LogP contribution in [0.15, 0.2) is 18.3 Å². The molecule has 1 saturated heterocycles. The summed E-state index contributed by atoms with van der Waals surface area (Å²) in [4.78, 5) is 19.4. The quantitative estimate of drug-likeness (QED) is 0.868. The van der Waals surface area contributed by atoms with Crippen LogP contribution in [0.25, 0.3) is 5.65 Å². The minimum absolute atomic E-state index is 0.0884. The van der Waals surface area contributed by atoms with E-state index in [-0.39, 0.29) is 5.91 Å². The topological polar surface area (TPSA) is 46.8 Å². The second-order valence-electron chi connectivity index (χ2n) is 5.26. The molecular formula is C16H21N3O2. The van der Waals surface area contributed by atoms with Crippen molar-refractivity contribution in [1.82, 2.24) is 14.3 Å². The summed E-state index contributed by atoms with van der Waals surface area (Å²) in [6.45, 7) is 6.26. The zero-order chi connectivity index (χ0) is 14.8. The van der Waals surface area contributed by atoms with Crippen molar-refractivity contribution in [3.8, 4) is 5.75 Å². The van der Waals surface area contributed by atoms with E-state index in [2.05, 4.69) is 4.98 Å². The fourth-order valence-electron chi connectivity index (χ4n) is 2.90. The molecule has 5 heteroatoms. The van der Waals surface area contributed by atoms with E-state index in [1.807, 2.05) is 41.5 Å². The maximum Gasteiger partial charge on any atom is 0.272 e. The Labute approximate surface area is 124 Å². The molecule has 0 aromatic carbocycles. The molecule has 0 spiro atoms. The van der Waals surface area contributed by atoms with Gasteiger partial charge in [0.1, 0.15) is 5.69 Å². The lowest BCUT2D eigenvalue weighted by molar-refractivity contribution is 0.0785. The zero-order valence-corrected chi connectivity index (χ0v) is 12.6. The molecular weight excluding hydrogens is 266 g/mol. The third-order valence-corrected chi connectivity index (χ3v) is 3.92. The molecule has 112 valence electrons. The highest BCUT2D eigenvalue weighted by Crippen LogP contribution is 2.24. The first kappa shape index (κ1) is 13.9. The molecule has 5 nitrogen and oxygen atoms in total. The van der Waals surface area contributed by atoms with E-state index in [4.69, 9.17) is 4.74 Å². The van der Waals surface area contributed by atoms with Gasteiger partial charge in [0, 0.05) is 19.3 Å². The first-order chi connectivity index (χ1) is 10.3. The maximum absolute atomic E-state index is 12.8. The number of rotatable bonds is 4. The summed E-state index contributed by atoms with van der Waals surface area (Å²) in [6.07, 6.45) is 4.82. The Morgan fingerprint density at radius 1 is 1.33 bits per heavy atom. The number of hydrogen-bond acceptors (Lipinski definition) is 3. The number of fused-ring (bicyclic) bond motifs is 1. The minimum Gasteiger partial charge on any atom is -0.490 e. The van der Waals surface area contributed by atoms with Crippen molar-refractivity contribution in [1.29, 1.82) is 0 Å². The molecule has 0 bridgehead atoms. The largest absolute Gasteiger partial charge is 0.490 e. The Kier molecular flexibility index (Phi) is 3.82. The second-order valence-corrected chi connectivity index (χ2v) is 5.26. The smallest absolute Gasteiger partial charge is 0.272 e. The van der Waals surface area contributed by atoms with Gasteiger partial charge in [-0.05, 0) is 38.3 Å². The van der Waals surface area contributed by atoms with Gasteiger partial charge in [0.05, 0.1) is 12.3 Å². The average molecular weight is 287 g/mol. The summed E-state index contributed by atoms with van der Waals surface area (Å²) < 4.78 is 7.51. The van der Waals surface area contributed by atoms with E-state index in [0.29, 0.717) is 12.3 Å². The van der Waals surface area contributed by atoms with Crippen molar-refractivity contribution in [2.24, 2.45) is 0 Å². The number of imidazole rings is 1. The predicted molar refractivity (Wildman–Crippen MR) is 80.9 cm³/mol. The van der Waals surface area contributed by atoms with Crippen LogP contribution in [0.3, 0.4) is 0 Å². The van der Waals surface area contributed by atoms with Crippen LogP contribution in [0.4, 0.5) is 0 Å². The molecule has 3 rings (SSSR count). The van der Waals surface area contributed by atoms with E-state index in [1.54, 1.807) is 0 Å². The zero-order valence-electron chi connectivity index (χ0n) is 12.6. The average Bonchev–Trinajstić information content (AvgIpc) is 3.14. The minimum atomic E-state index is 0.0884. The van der Waals surface area contributed by atoms with Crippen LogP contribution in [0.2, 0.25) is 0 Å². The van der Waals surface area contributed by atoms with Gasteiger partial charge < -0.3 is 9.64 Å². The van der Waals surface area contributed by atoms with Gasteiger partial charge in [0.2, 0.25) is 0 Å². The molecule has 0 radical (unpaired) electrons. The molecule has 0 atom stereocenters. The molecule has 1 fully saturated rings. The molecule has 2 aromatic heterocycles. The molecule has 3 heterocycles. The molecule has 1 aliphatic rings. The summed E-state index contributed by atoms with van der Waals surface area (Å²) >= 11 is 0. The molecule has 21 heavy (non-hydrogen) atoms. The molecule has 0 unspecified atom stereocenters. The van der Waals surface area contributed by atoms with E-state index in [1.165, 1.54) is 0 Å². The van der Waals surface area contributed by atoms with Gasteiger partial charge in [-0.1, -0.05) is 6.92 Å². The van der Waals surface area contributed by atoms with Gasteiger partial charge in [0.25, 0.3) is 5.91 Å². The van der Waals surface area contributed by atoms with Crippen LogP contribution in [-0.4, -0.2) is 39.9 Å². The predicted octanol–water partition coefficient (Wildman–Crippen LogP) is 2.53. The Morgan fingerprint density at radius 2 is 2.10 bits per heavy atom. The standard InChI is InChI=1S/C16H21N3O2/c1-3-12-14(16(20)18-9-5-6-10-18)19-11-7-8-13(21-4-2)15(19)17-12/h7-8,11H,3-6,9-10H2,1-2H3. The highest BCUT2D eigenvalue weighted by Gasteiger charge is 2.26. The maximum atomic E-state index is 12.8. The third kappa shape index (κ3) is 2.37. The Balaban J connectivity index is 2.11. The van der Waals surface area contributed by atoms with Crippen LogP contribution < -0.4 is 4.74 Å². The lowest BCUT2D eigenvalue weighted by Gasteiger charge is -2.15. The number of amides is 1. The Morgan fingerprint density at radius 3 is 2.76 bits per heavy atom. The number of aromatic nitrogens is 2. The summed E-state index contributed by atoms with van der Waals surface area (Å²) in [5.74, 6) is 0.820. The van der Waals surface area contributed by atoms with Gasteiger partial charge in [-0.2, -0.15) is 0 Å². The number of carbonyl (C=O) groups excluding carboxylic acids is 1. The summed E-state index contributed by atoms with van der Waals surface area (Å²) in [6, 6.07) is 3.80. The highest BCUT2D eigenvalue weighted by molar-refractivity contribution is 5.95. The number of pyridine rings is 1. The van der Waals surface area contributed by atoms with Gasteiger partial charge >= 0.3 is 0 Å². The fourth-order valence-corrected chi connectivity index (χ4v) is 2.90. The molecule has 2 aromatic rings. The summed E-state index contributed by atoms with van der Waals surface area (Å²) in [5.41, 5.74) is 2.27. The molecule has 1 amide bonds. The van der Waals surface area contributed by atoms with Crippen molar-refractivity contribution in [3.63, 3.8) is 0 Å². The van der Waals surface area contributed by atoms with Crippen molar-refractivity contribution in [2.45, 2.75) is 33.1 Å². The third-order valence-electron chi connectivity index (χ3n) is 3.92. The van der Waals surface area contributed by atoms with Crippen molar-refractivity contribution in [3.05, 3.63) is 29.7 Å². The number of nitrogens with zero attached hydrogens (tertiary/aromatic N) is 3. The lowest BCUT2D eigenvalue weighted by atomic mass is 10.2. The molecule has 0 N–H and O–H groups in total. The van der Waals surface area contributed by atoms with Crippen molar-refractivity contribution < 1.29 is 9.53 Å². The molecule has 1 aliphatic heterocycles. The second kappa shape index (κ2) is 5.76. The SMILES string of the molecule is CCOc1cccn2c(C(=O)N3CCCC3)c(CC)nc12. The van der Waals surface area contributed by atoms with Crippen LogP contribution in [0, 0.1) is 0 Å². The number of carbonyl (C=O) groups is 1. The molecule has 0 aliphatic carbocycles. The lowest BCUT2D eigenvalue weighted by Crippen LogP contribution is -2.29. The van der Waals surface area contributed by atoms with Crippen LogP contribution >= 0.6 is 0 Å². The van der Waals surface area contributed by atoms with Crippen molar-refractivity contribution in [2.75, 3.05) is 19.7 Å². The van der Waals surface area contributed by atoms with Gasteiger partial charge in [-0.15, -0.1) is 0 Å².